The van der Waals surface area contributed by atoms with Crippen molar-refractivity contribution in [1.82, 2.24) is 4.98 Å². The first-order chi connectivity index (χ1) is 9.81. The third kappa shape index (κ3) is 2.21. The first-order valence-corrected chi connectivity index (χ1v) is 7.54. The normalized spacial score (nSPS) is 10.7. The van der Waals surface area contributed by atoms with Crippen LogP contribution in [0.25, 0.3) is 10.8 Å². The third-order valence-corrected chi connectivity index (χ3v) is 4.08. The molecule has 20 heavy (non-hydrogen) atoms. The summed E-state index contributed by atoms with van der Waals surface area (Å²) >= 11 is 1.59. The van der Waals surface area contributed by atoms with E-state index in [0.29, 0.717) is 5.56 Å². The molecule has 3 rings (SSSR count). The second-order valence-electron chi connectivity index (χ2n) is 4.43. The summed E-state index contributed by atoms with van der Waals surface area (Å²) in [5.41, 5.74) is 1.45. The molecular formula is C17H13NOS. The minimum atomic E-state index is 0.0496. The molecule has 0 N–H and O–H groups in total. The monoisotopic (exact) mass is 279 g/mol. The molecule has 0 unspecified atom stereocenters. The van der Waals surface area contributed by atoms with Crippen LogP contribution in [0.3, 0.4) is 0 Å². The number of aromatic nitrogens is 1. The molecule has 0 saturated heterocycles. The summed E-state index contributed by atoms with van der Waals surface area (Å²) in [7, 11) is 0. The molecule has 0 bridgehead atoms. The van der Waals surface area contributed by atoms with Gasteiger partial charge in [-0.1, -0.05) is 30.3 Å². The van der Waals surface area contributed by atoms with Crippen molar-refractivity contribution in [3.05, 3.63) is 72.1 Å². The van der Waals surface area contributed by atoms with Gasteiger partial charge in [-0.25, -0.2) is 0 Å². The highest BCUT2D eigenvalue weighted by Crippen LogP contribution is 2.26. The molecule has 0 radical (unpaired) electrons. The topological polar surface area (TPSA) is 30.0 Å². The Bertz CT molecular complexity index is 777. The average molecular weight is 279 g/mol. The van der Waals surface area contributed by atoms with E-state index in [0.717, 1.165) is 21.2 Å². The molecule has 2 aromatic carbocycles. The van der Waals surface area contributed by atoms with Crippen LogP contribution in [-0.4, -0.2) is 17.0 Å². The molecule has 0 aliphatic carbocycles. The summed E-state index contributed by atoms with van der Waals surface area (Å²) in [6.07, 6.45) is 5.48. The maximum absolute atomic E-state index is 12.8. The van der Waals surface area contributed by atoms with Gasteiger partial charge in [0.05, 0.1) is 0 Å². The summed E-state index contributed by atoms with van der Waals surface area (Å²) in [6, 6.07) is 15.4. The van der Waals surface area contributed by atoms with Crippen LogP contribution < -0.4 is 0 Å². The van der Waals surface area contributed by atoms with Crippen LogP contribution >= 0.6 is 11.8 Å². The zero-order valence-corrected chi connectivity index (χ0v) is 11.9. The van der Waals surface area contributed by atoms with Crippen LogP contribution in [0.1, 0.15) is 15.9 Å². The van der Waals surface area contributed by atoms with Gasteiger partial charge < -0.3 is 0 Å². The van der Waals surface area contributed by atoms with Crippen molar-refractivity contribution in [2.75, 3.05) is 6.26 Å². The molecule has 1 heterocycles. The number of pyridine rings is 1. The molecular weight excluding hydrogens is 266 g/mol. The molecule has 3 aromatic rings. The van der Waals surface area contributed by atoms with Gasteiger partial charge >= 0.3 is 0 Å². The summed E-state index contributed by atoms with van der Waals surface area (Å²) in [5.74, 6) is 0.0496. The molecule has 0 aliphatic heterocycles. The standard InChI is InChI=1S/C17H13NOS/c1-20-16-8-3-2-6-14(16)17(19)13-7-4-5-12-9-10-18-11-15(12)13/h2-11H,1H3. The average Bonchev–Trinajstić information content (AvgIpc) is 2.53. The number of hydrogen-bond acceptors (Lipinski definition) is 3. The van der Waals surface area contributed by atoms with E-state index in [1.807, 2.05) is 54.8 Å². The number of carbonyl (C=O) groups is 1. The first kappa shape index (κ1) is 12.9. The smallest absolute Gasteiger partial charge is 0.194 e. The SMILES string of the molecule is CSc1ccccc1C(=O)c1cccc2ccncc12. The number of fused-ring (bicyclic) bond motifs is 1. The van der Waals surface area contributed by atoms with E-state index < -0.39 is 0 Å². The summed E-state index contributed by atoms with van der Waals surface area (Å²) in [6.45, 7) is 0. The van der Waals surface area contributed by atoms with Gasteiger partial charge in [0.15, 0.2) is 5.78 Å². The van der Waals surface area contributed by atoms with E-state index in [-0.39, 0.29) is 5.78 Å². The zero-order valence-electron chi connectivity index (χ0n) is 11.0. The number of hydrogen-bond donors (Lipinski definition) is 0. The summed E-state index contributed by atoms with van der Waals surface area (Å²) in [5, 5.41) is 1.93. The lowest BCUT2D eigenvalue weighted by Gasteiger charge is -2.08. The number of ketones is 1. The van der Waals surface area contributed by atoms with E-state index in [2.05, 4.69) is 4.98 Å². The Morgan fingerprint density at radius 2 is 1.80 bits per heavy atom. The van der Waals surface area contributed by atoms with Crippen LogP contribution in [0, 0.1) is 0 Å². The number of benzene rings is 2. The van der Waals surface area contributed by atoms with Crippen LogP contribution in [0.4, 0.5) is 0 Å². The van der Waals surface area contributed by atoms with Crippen molar-refractivity contribution < 1.29 is 4.79 Å². The Labute approximate surface area is 121 Å². The molecule has 0 saturated carbocycles. The lowest BCUT2D eigenvalue weighted by atomic mass is 9.98. The second kappa shape index (κ2) is 5.47. The van der Waals surface area contributed by atoms with Crippen molar-refractivity contribution >= 4 is 28.3 Å². The minimum Gasteiger partial charge on any atom is -0.289 e. The van der Waals surface area contributed by atoms with Gasteiger partial charge in [-0.2, -0.15) is 0 Å². The fourth-order valence-corrected chi connectivity index (χ4v) is 2.88. The van der Waals surface area contributed by atoms with Crippen molar-refractivity contribution in [2.45, 2.75) is 4.90 Å². The number of thioether (sulfide) groups is 1. The van der Waals surface area contributed by atoms with E-state index in [1.165, 1.54) is 0 Å². The Hall–Kier alpha value is -2.13. The summed E-state index contributed by atoms with van der Waals surface area (Å²) < 4.78 is 0. The van der Waals surface area contributed by atoms with E-state index >= 15 is 0 Å². The minimum absolute atomic E-state index is 0.0496. The second-order valence-corrected chi connectivity index (χ2v) is 5.28. The van der Waals surface area contributed by atoms with E-state index in [9.17, 15) is 4.79 Å². The lowest BCUT2D eigenvalue weighted by Crippen LogP contribution is -2.03. The Balaban J connectivity index is 2.18. The Morgan fingerprint density at radius 1 is 1.00 bits per heavy atom. The Morgan fingerprint density at radius 3 is 2.65 bits per heavy atom. The van der Waals surface area contributed by atoms with Crippen molar-refractivity contribution in [3.8, 4) is 0 Å². The van der Waals surface area contributed by atoms with Gasteiger partial charge in [-0.15, -0.1) is 11.8 Å². The fourth-order valence-electron chi connectivity index (χ4n) is 2.29. The van der Waals surface area contributed by atoms with Crippen LogP contribution in [0.2, 0.25) is 0 Å². The molecule has 3 heteroatoms. The Kier molecular flexibility index (Phi) is 3.52. The number of carbonyl (C=O) groups excluding carboxylic acids is 1. The lowest BCUT2D eigenvalue weighted by molar-refractivity contribution is 0.103. The van der Waals surface area contributed by atoms with Crippen molar-refractivity contribution in [3.63, 3.8) is 0 Å². The van der Waals surface area contributed by atoms with Gasteiger partial charge in [-0.05, 0) is 29.8 Å². The zero-order chi connectivity index (χ0) is 13.9. The predicted molar refractivity (Wildman–Crippen MR) is 83.4 cm³/mol. The highest BCUT2D eigenvalue weighted by atomic mass is 32.2. The van der Waals surface area contributed by atoms with Crippen molar-refractivity contribution in [1.29, 1.82) is 0 Å². The van der Waals surface area contributed by atoms with Gasteiger partial charge in [0.1, 0.15) is 0 Å². The molecule has 0 atom stereocenters. The molecule has 2 nitrogen and oxygen atoms in total. The van der Waals surface area contributed by atoms with Crippen LogP contribution in [0.5, 0.6) is 0 Å². The summed E-state index contributed by atoms with van der Waals surface area (Å²) in [4.78, 5) is 17.9. The molecule has 0 aliphatic rings. The highest BCUT2D eigenvalue weighted by molar-refractivity contribution is 7.98. The van der Waals surface area contributed by atoms with Gasteiger partial charge in [-0.3, -0.25) is 9.78 Å². The van der Waals surface area contributed by atoms with Gasteiger partial charge in [0.25, 0.3) is 0 Å². The molecule has 0 fully saturated rings. The third-order valence-electron chi connectivity index (χ3n) is 3.28. The highest BCUT2D eigenvalue weighted by Gasteiger charge is 2.15. The van der Waals surface area contributed by atoms with Crippen molar-refractivity contribution in [2.24, 2.45) is 0 Å². The molecule has 0 amide bonds. The number of rotatable bonds is 3. The van der Waals surface area contributed by atoms with E-state index in [1.54, 1.807) is 24.2 Å². The van der Waals surface area contributed by atoms with Crippen LogP contribution in [0.15, 0.2) is 65.8 Å². The number of nitrogens with zero attached hydrogens (tertiary/aromatic N) is 1. The molecule has 0 spiro atoms. The predicted octanol–water partition coefficient (Wildman–Crippen LogP) is 4.19. The molecule has 98 valence electrons. The fraction of sp³-hybridized carbons (Fsp3) is 0.0588. The first-order valence-electron chi connectivity index (χ1n) is 6.31. The largest absolute Gasteiger partial charge is 0.289 e. The van der Waals surface area contributed by atoms with Crippen LogP contribution in [-0.2, 0) is 0 Å². The maximum atomic E-state index is 12.8. The van der Waals surface area contributed by atoms with E-state index in [4.69, 9.17) is 0 Å². The van der Waals surface area contributed by atoms with Gasteiger partial charge in [0.2, 0.25) is 0 Å². The maximum Gasteiger partial charge on any atom is 0.194 e. The van der Waals surface area contributed by atoms with Gasteiger partial charge in [0, 0.05) is 33.8 Å². The quantitative estimate of drug-likeness (QED) is 0.532. The molecule has 1 aromatic heterocycles.